The Labute approximate surface area is 171 Å². The molecule has 0 saturated heterocycles. The molecule has 0 aliphatic rings. The number of amides is 1. The minimum absolute atomic E-state index is 0.0941. The van der Waals surface area contributed by atoms with Gasteiger partial charge in [-0.25, -0.2) is 26.3 Å². The molecule has 11 heteroatoms. The molecule has 0 saturated carbocycles. The molecule has 2 aromatic rings. The number of esters is 1. The van der Waals surface area contributed by atoms with E-state index in [0.717, 1.165) is 29.6 Å². The lowest BCUT2D eigenvalue weighted by molar-refractivity contribution is -0.143. The van der Waals surface area contributed by atoms with Gasteiger partial charge in [-0.1, -0.05) is 17.7 Å². The van der Waals surface area contributed by atoms with E-state index < -0.39 is 39.6 Å². The lowest BCUT2D eigenvalue weighted by Gasteiger charge is -2.18. The van der Waals surface area contributed by atoms with Crippen molar-refractivity contribution < 1.29 is 31.5 Å². The van der Waals surface area contributed by atoms with Gasteiger partial charge in [0.25, 0.3) is 5.91 Å². The van der Waals surface area contributed by atoms with E-state index in [0.29, 0.717) is 6.07 Å². The van der Waals surface area contributed by atoms with Crippen molar-refractivity contribution >= 4 is 33.5 Å². The molecule has 0 aliphatic carbocycles. The van der Waals surface area contributed by atoms with Gasteiger partial charge in [0.15, 0.2) is 6.04 Å². The first-order valence-electron chi connectivity index (χ1n) is 8.04. The van der Waals surface area contributed by atoms with Crippen molar-refractivity contribution in [1.82, 2.24) is 9.62 Å². The Hall–Kier alpha value is -2.56. The molecule has 0 heterocycles. The first kappa shape index (κ1) is 22.7. The van der Waals surface area contributed by atoms with Gasteiger partial charge in [-0.2, -0.15) is 0 Å². The lowest BCUT2D eigenvalue weighted by atomic mass is 10.1. The van der Waals surface area contributed by atoms with Gasteiger partial charge in [0.1, 0.15) is 11.6 Å². The summed E-state index contributed by atoms with van der Waals surface area (Å²) in [5, 5.41) is 2.15. The lowest BCUT2D eigenvalue weighted by Crippen LogP contribution is -2.35. The maximum atomic E-state index is 14.1. The molecule has 0 fully saturated rings. The molecule has 1 atom stereocenters. The number of sulfonamides is 1. The Morgan fingerprint density at radius 3 is 2.34 bits per heavy atom. The first-order chi connectivity index (χ1) is 13.5. The zero-order chi connectivity index (χ0) is 21.9. The third-order valence-corrected chi connectivity index (χ3v) is 6.09. The van der Waals surface area contributed by atoms with Crippen molar-refractivity contribution in [1.29, 1.82) is 0 Å². The zero-order valence-electron chi connectivity index (χ0n) is 15.6. The standard InChI is InChI=1S/C18H17ClF2N2O5S/c1-23(2)29(26,27)11-5-7-14(19)13(9-11)17(24)22-16(18(25)28-3)12-6-4-10(20)8-15(12)21/h4-9,16H,1-3H3,(H,22,24). The number of hydrogen-bond acceptors (Lipinski definition) is 5. The summed E-state index contributed by atoms with van der Waals surface area (Å²) < 4.78 is 57.4. The molecule has 2 aromatic carbocycles. The van der Waals surface area contributed by atoms with E-state index in [-0.39, 0.29) is 21.0 Å². The Bertz CT molecular complexity index is 1060. The van der Waals surface area contributed by atoms with Crippen molar-refractivity contribution in [3.05, 3.63) is 64.2 Å². The van der Waals surface area contributed by atoms with Gasteiger partial charge in [-0.3, -0.25) is 4.79 Å². The highest BCUT2D eigenvalue weighted by molar-refractivity contribution is 7.89. The number of methoxy groups -OCH3 is 1. The van der Waals surface area contributed by atoms with E-state index in [4.69, 9.17) is 11.6 Å². The average Bonchev–Trinajstić information content (AvgIpc) is 2.65. The number of carbonyl (C=O) groups is 2. The largest absolute Gasteiger partial charge is 0.467 e. The molecule has 0 aromatic heterocycles. The summed E-state index contributed by atoms with van der Waals surface area (Å²) in [6.07, 6.45) is 0. The Morgan fingerprint density at radius 1 is 1.14 bits per heavy atom. The van der Waals surface area contributed by atoms with E-state index in [9.17, 15) is 26.8 Å². The predicted molar refractivity (Wildman–Crippen MR) is 101 cm³/mol. The van der Waals surface area contributed by atoms with Gasteiger partial charge in [0, 0.05) is 25.7 Å². The second-order valence-electron chi connectivity index (χ2n) is 6.02. The summed E-state index contributed by atoms with van der Waals surface area (Å²) in [6.45, 7) is 0. The van der Waals surface area contributed by atoms with Crippen LogP contribution in [0.1, 0.15) is 22.0 Å². The van der Waals surface area contributed by atoms with Crippen molar-refractivity contribution in [3.8, 4) is 0 Å². The summed E-state index contributed by atoms with van der Waals surface area (Å²) in [6, 6.07) is 4.29. The van der Waals surface area contributed by atoms with Crippen LogP contribution in [0.2, 0.25) is 5.02 Å². The summed E-state index contributed by atoms with van der Waals surface area (Å²) >= 11 is 6.01. The van der Waals surface area contributed by atoms with E-state index in [1.54, 1.807) is 0 Å². The highest BCUT2D eigenvalue weighted by atomic mass is 35.5. The van der Waals surface area contributed by atoms with Crippen molar-refractivity contribution in [2.45, 2.75) is 10.9 Å². The molecule has 2 rings (SSSR count). The number of carbonyl (C=O) groups excluding carboxylic acids is 2. The van der Waals surface area contributed by atoms with Crippen molar-refractivity contribution in [3.63, 3.8) is 0 Å². The summed E-state index contributed by atoms with van der Waals surface area (Å²) in [4.78, 5) is 24.6. The number of nitrogens with one attached hydrogen (secondary N) is 1. The second-order valence-corrected chi connectivity index (χ2v) is 8.58. The minimum Gasteiger partial charge on any atom is -0.467 e. The smallest absolute Gasteiger partial charge is 0.333 e. The molecule has 1 amide bonds. The average molecular weight is 447 g/mol. The minimum atomic E-state index is -3.86. The van der Waals surface area contributed by atoms with Gasteiger partial charge in [0.2, 0.25) is 10.0 Å². The van der Waals surface area contributed by atoms with Crippen LogP contribution in [0.4, 0.5) is 8.78 Å². The van der Waals surface area contributed by atoms with Crippen LogP contribution in [0.3, 0.4) is 0 Å². The summed E-state index contributed by atoms with van der Waals surface area (Å²) in [5.41, 5.74) is -0.592. The zero-order valence-corrected chi connectivity index (χ0v) is 17.1. The molecule has 0 bridgehead atoms. The van der Waals surface area contributed by atoms with E-state index in [1.165, 1.54) is 26.2 Å². The Kier molecular flexibility index (Phi) is 6.93. The fourth-order valence-electron chi connectivity index (χ4n) is 2.38. The first-order valence-corrected chi connectivity index (χ1v) is 9.86. The van der Waals surface area contributed by atoms with Gasteiger partial charge in [-0.15, -0.1) is 0 Å². The number of rotatable bonds is 6. The highest BCUT2D eigenvalue weighted by Crippen LogP contribution is 2.24. The number of nitrogens with zero attached hydrogens (tertiary/aromatic N) is 1. The SMILES string of the molecule is COC(=O)C(NC(=O)c1cc(S(=O)(=O)N(C)C)ccc1Cl)c1ccc(F)cc1F. The van der Waals surface area contributed by atoms with Crippen molar-refractivity contribution in [2.75, 3.05) is 21.2 Å². The number of ether oxygens (including phenoxy) is 1. The van der Waals surface area contributed by atoms with Crippen LogP contribution in [0.25, 0.3) is 0 Å². The van der Waals surface area contributed by atoms with Gasteiger partial charge < -0.3 is 10.1 Å². The van der Waals surface area contributed by atoms with Crippen LogP contribution < -0.4 is 5.32 Å². The monoisotopic (exact) mass is 446 g/mol. The van der Waals surface area contributed by atoms with Crippen LogP contribution >= 0.6 is 11.6 Å². The Morgan fingerprint density at radius 2 is 1.79 bits per heavy atom. The Balaban J connectivity index is 2.46. The van der Waals surface area contributed by atoms with Crippen LogP contribution in [0.15, 0.2) is 41.3 Å². The molecule has 29 heavy (non-hydrogen) atoms. The molecule has 0 spiro atoms. The van der Waals surface area contributed by atoms with E-state index in [1.807, 2.05) is 0 Å². The summed E-state index contributed by atoms with van der Waals surface area (Å²) in [7, 11) is -0.206. The van der Waals surface area contributed by atoms with E-state index >= 15 is 0 Å². The number of halogens is 3. The quantitative estimate of drug-likeness (QED) is 0.688. The van der Waals surface area contributed by atoms with Crippen LogP contribution in [-0.4, -0.2) is 45.8 Å². The molecular weight excluding hydrogens is 430 g/mol. The molecule has 1 unspecified atom stereocenters. The van der Waals surface area contributed by atoms with Crippen LogP contribution in [0, 0.1) is 11.6 Å². The normalized spacial score (nSPS) is 12.5. The maximum absolute atomic E-state index is 14.1. The number of hydrogen-bond donors (Lipinski definition) is 1. The van der Waals surface area contributed by atoms with Gasteiger partial charge in [0.05, 0.1) is 22.6 Å². The third-order valence-electron chi connectivity index (χ3n) is 3.95. The fourth-order valence-corrected chi connectivity index (χ4v) is 3.51. The van der Waals surface area contributed by atoms with Gasteiger partial charge in [-0.05, 0) is 24.3 Å². The van der Waals surface area contributed by atoms with Crippen LogP contribution in [-0.2, 0) is 19.6 Å². The fraction of sp³-hybridized carbons (Fsp3) is 0.222. The van der Waals surface area contributed by atoms with Gasteiger partial charge >= 0.3 is 5.97 Å². The maximum Gasteiger partial charge on any atom is 0.333 e. The molecule has 156 valence electrons. The molecular formula is C18H17ClF2N2O5S. The number of benzene rings is 2. The molecule has 0 radical (unpaired) electrons. The predicted octanol–water partition coefficient (Wildman–Crippen LogP) is 2.51. The molecule has 0 aliphatic heterocycles. The summed E-state index contributed by atoms with van der Waals surface area (Å²) in [5.74, 6) is -3.91. The van der Waals surface area contributed by atoms with Crippen molar-refractivity contribution in [2.24, 2.45) is 0 Å². The molecule has 7 nitrogen and oxygen atoms in total. The molecule has 1 N–H and O–H groups in total. The van der Waals surface area contributed by atoms with Crippen LogP contribution in [0.5, 0.6) is 0 Å². The van der Waals surface area contributed by atoms with E-state index in [2.05, 4.69) is 10.1 Å². The topological polar surface area (TPSA) is 92.8 Å². The second kappa shape index (κ2) is 8.85. The third kappa shape index (κ3) is 4.89. The highest BCUT2D eigenvalue weighted by Gasteiger charge is 2.29.